The molecule has 1 aromatic rings. The summed E-state index contributed by atoms with van der Waals surface area (Å²) in [4.78, 5) is 14.4. The van der Waals surface area contributed by atoms with Crippen LogP contribution in [0.5, 0.6) is 0 Å². The zero-order valence-electron chi connectivity index (χ0n) is 11.1. The Morgan fingerprint density at radius 2 is 1.89 bits per heavy atom. The highest BCUT2D eigenvalue weighted by molar-refractivity contribution is 8.20. The Kier molecular flexibility index (Phi) is 4.08. The Hall–Kier alpha value is -0.610. The standard InChI is InChI=1S/C15H19NOS2/c1-11(12-5-3-2-4-6-12)16-13(7-8-14(16)17)15-18-9-10-19-15/h2-6,11,13,15H,7-10H2,1H3/t11-,13-/m1/s1. The first kappa shape index (κ1) is 13.4. The van der Waals surface area contributed by atoms with Gasteiger partial charge in [0.2, 0.25) is 5.91 Å². The van der Waals surface area contributed by atoms with Gasteiger partial charge in [-0.05, 0) is 18.9 Å². The van der Waals surface area contributed by atoms with E-state index in [0.717, 1.165) is 12.8 Å². The Labute approximate surface area is 123 Å². The molecule has 2 atom stereocenters. The van der Waals surface area contributed by atoms with E-state index in [1.807, 2.05) is 29.6 Å². The maximum Gasteiger partial charge on any atom is 0.223 e. The summed E-state index contributed by atoms with van der Waals surface area (Å²) in [5, 5.41) is 0. The first-order valence-electron chi connectivity index (χ1n) is 6.86. The van der Waals surface area contributed by atoms with Crippen molar-refractivity contribution in [2.24, 2.45) is 0 Å². The van der Waals surface area contributed by atoms with Crippen molar-refractivity contribution in [3.05, 3.63) is 35.9 Å². The molecule has 0 N–H and O–H groups in total. The molecular weight excluding hydrogens is 274 g/mol. The molecule has 2 nitrogen and oxygen atoms in total. The molecule has 0 unspecified atom stereocenters. The molecule has 0 radical (unpaired) electrons. The van der Waals surface area contributed by atoms with Gasteiger partial charge in [0.05, 0.1) is 16.7 Å². The number of hydrogen-bond donors (Lipinski definition) is 0. The fraction of sp³-hybridized carbons (Fsp3) is 0.533. The Morgan fingerprint density at radius 1 is 1.21 bits per heavy atom. The van der Waals surface area contributed by atoms with Crippen molar-refractivity contribution in [2.75, 3.05) is 11.5 Å². The van der Waals surface area contributed by atoms with Gasteiger partial charge >= 0.3 is 0 Å². The second-order valence-electron chi connectivity index (χ2n) is 5.10. The average Bonchev–Trinajstić information content (AvgIpc) is 3.08. The number of rotatable bonds is 3. The van der Waals surface area contributed by atoms with E-state index in [9.17, 15) is 4.79 Å². The van der Waals surface area contributed by atoms with E-state index in [1.54, 1.807) is 0 Å². The van der Waals surface area contributed by atoms with Gasteiger partial charge < -0.3 is 4.90 Å². The monoisotopic (exact) mass is 293 g/mol. The quantitative estimate of drug-likeness (QED) is 0.850. The molecule has 0 aliphatic carbocycles. The molecule has 3 rings (SSSR count). The molecule has 2 heterocycles. The SMILES string of the molecule is C[C@H](c1ccccc1)N1C(=O)CC[C@@H]1C1SCCS1. The molecule has 1 amide bonds. The largest absolute Gasteiger partial charge is 0.331 e. The van der Waals surface area contributed by atoms with Gasteiger partial charge in [0.15, 0.2) is 0 Å². The van der Waals surface area contributed by atoms with E-state index in [2.05, 4.69) is 36.1 Å². The van der Waals surface area contributed by atoms with Crippen LogP contribution < -0.4 is 0 Å². The third-order valence-corrected chi connectivity index (χ3v) is 7.20. The van der Waals surface area contributed by atoms with Crippen LogP contribution in [0.25, 0.3) is 0 Å². The van der Waals surface area contributed by atoms with E-state index in [0.29, 0.717) is 16.5 Å². The lowest BCUT2D eigenvalue weighted by atomic mass is 10.1. The van der Waals surface area contributed by atoms with Crippen LogP contribution in [0.4, 0.5) is 0 Å². The number of carbonyl (C=O) groups excluding carboxylic acids is 1. The highest BCUT2D eigenvalue weighted by atomic mass is 32.2. The van der Waals surface area contributed by atoms with Crippen molar-refractivity contribution in [1.82, 2.24) is 4.90 Å². The smallest absolute Gasteiger partial charge is 0.223 e. The molecule has 4 heteroatoms. The van der Waals surface area contributed by atoms with Crippen molar-refractivity contribution in [2.45, 2.75) is 36.4 Å². The van der Waals surface area contributed by atoms with E-state index >= 15 is 0 Å². The van der Waals surface area contributed by atoms with Gasteiger partial charge in [-0.2, -0.15) is 0 Å². The lowest BCUT2D eigenvalue weighted by Gasteiger charge is -2.34. The number of nitrogens with zero attached hydrogens (tertiary/aromatic N) is 1. The van der Waals surface area contributed by atoms with Crippen LogP contribution >= 0.6 is 23.5 Å². The fourth-order valence-corrected chi connectivity index (χ4v) is 6.16. The van der Waals surface area contributed by atoms with Crippen LogP contribution in [-0.4, -0.2) is 32.9 Å². The predicted octanol–water partition coefficient (Wildman–Crippen LogP) is 3.54. The minimum Gasteiger partial charge on any atom is -0.331 e. The van der Waals surface area contributed by atoms with Crippen LogP contribution in [-0.2, 0) is 4.79 Å². The second kappa shape index (κ2) is 5.80. The zero-order chi connectivity index (χ0) is 13.2. The van der Waals surface area contributed by atoms with Crippen molar-refractivity contribution >= 4 is 29.4 Å². The summed E-state index contributed by atoms with van der Waals surface area (Å²) in [6, 6.07) is 11.0. The third kappa shape index (κ3) is 2.65. The molecule has 0 saturated carbocycles. The number of amides is 1. The number of likely N-dealkylation sites (tertiary alicyclic amines) is 1. The average molecular weight is 293 g/mol. The first-order chi connectivity index (χ1) is 9.27. The summed E-state index contributed by atoms with van der Waals surface area (Å²) < 4.78 is 0.581. The molecule has 0 aromatic heterocycles. The Bertz CT molecular complexity index is 445. The lowest BCUT2D eigenvalue weighted by Crippen LogP contribution is -2.39. The van der Waals surface area contributed by atoms with Gasteiger partial charge in [-0.15, -0.1) is 23.5 Å². The number of hydrogen-bond acceptors (Lipinski definition) is 3. The fourth-order valence-electron chi connectivity index (χ4n) is 2.99. The maximum absolute atomic E-state index is 12.3. The highest BCUT2D eigenvalue weighted by Crippen LogP contribution is 2.42. The minimum absolute atomic E-state index is 0.197. The summed E-state index contributed by atoms with van der Waals surface area (Å²) in [5.74, 6) is 2.79. The van der Waals surface area contributed by atoms with Crippen molar-refractivity contribution in [3.8, 4) is 0 Å². The van der Waals surface area contributed by atoms with E-state index in [1.165, 1.54) is 17.1 Å². The first-order valence-corrected chi connectivity index (χ1v) is 8.96. The number of carbonyl (C=O) groups is 1. The topological polar surface area (TPSA) is 20.3 Å². The summed E-state index contributed by atoms with van der Waals surface area (Å²) in [7, 11) is 0. The number of benzene rings is 1. The van der Waals surface area contributed by atoms with E-state index in [-0.39, 0.29) is 6.04 Å². The number of thioether (sulfide) groups is 2. The van der Waals surface area contributed by atoms with E-state index < -0.39 is 0 Å². The normalized spacial score (nSPS) is 26.1. The van der Waals surface area contributed by atoms with Crippen molar-refractivity contribution in [1.29, 1.82) is 0 Å². The summed E-state index contributed by atoms with van der Waals surface area (Å²) in [5.41, 5.74) is 1.25. The van der Waals surface area contributed by atoms with Gasteiger partial charge in [0, 0.05) is 17.9 Å². The molecule has 1 aromatic carbocycles. The van der Waals surface area contributed by atoms with Crippen molar-refractivity contribution in [3.63, 3.8) is 0 Å². The van der Waals surface area contributed by atoms with Crippen LogP contribution in [0.1, 0.15) is 31.4 Å². The summed E-state index contributed by atoms with van der Waals surface area (Å²) >= 11 is 4.05. The molecule has 19 heavy (non-hydrogen) atoms. The molecular formula is C15H19NOS2. The van der Waals surface area contributed by atoms with Gasteiger partial charge in [-0.25, -0.2) is 0 Å². The second-order valence-corrected chi connectivity index (χ2v) is 7.90. The maximum atomic E-state index is 12.3. The predicted molar refractivity (Wildman–Crippen MR) is 83.4 cm³/mol. The molecule has 2 saturated heterocycles. The molecule has 2 aliphatic heterocycles. The molecule has 102 valence electrons. The van der Waals surface area contributed by atoms with E-state index in [4.69, 9.17) is 0 Å². The minimum atomic E-state index is 0.197. The zero-order valence-corrected chi connectivity index (χ0v) is 12.8. The van der Waals surface area contributed by atoms with Crippen molar-refractivity contribution < 1.29 is 4.79 Å². The van der Waals surface area contributed by atoms with Crippen LogP contribution in [0.2, 0.25) is 0 Å². The van der Waals surface area contributed by atoms with Gasteiger partial charge in [-0.1, -0.05) is 30.3 Å². The molecule has 2 aliphatic rings. The Morgan fingerprint density at radius 3 is 2.58 bits per heavy atom. The Balaban J connectivity index is 1.81. The highest BCUT2D eigenvalue weighted by Gasteiger charge is 2.40. The molecule has 0 spiro atoms. The van der Waals surface area contributed by atoms with Crippen LogP contribution in [0, 0.1) is 0 Å². The lowest BCUT2D eigenvalue weighted by molar-refractivity contribution is -0.130. The van der Waals surface area contributed by atoms with Gasteiger partial charge in [0.1, 0.15) is 0 Å². The van der Waals surface area contributed by atoms with Gasteiger partial charge in [-0.3, -0.25) is 4.79 Å². The van der Waals surface area contributed by atoms with Crippen LogP contribution in [0.15, 0.2) is 30.3 Å². The summed E-state index contributed by atoms with van der Waals surface area (Å²) in [6.07, 6.45) is 1.75. The third-order valence-electron chi connectivity index (χ3n) is 3.96. The van der Waals surface area contributed by atoms with Crippen LogP contribution in [0.3, 0.4) is 0 Å². The molecule has 2 fully saturated rings. The van der Waals surface area contributed by atoms with Gasteiger partial charge in [0.25, 0.3) is 0 Å². The summed E-state index contributed by atoms with van der Waals surface area (Å²) in [6.45, 7) is 2.16. The molecule has 0 bridgehead atoms.